The maximum atomic E-state index is 11.3. The number of hydrogen-bond donors (Lipinski definition) is 0. The first kappa shape index (κ1) is 12.4. The summed E-state index contributed by atoms with van der Waals surface area (Å²) in [5.41, 5.74) is 2.11. The summed E-state index contributed by atoms with van der Waals surface area (Å²) < 4.78 is 5.33. The average molecular weight is 254 g/mol. The molecule has 0 atom stereocenters. The molecule has 1 aromatic rings. The molecule has 1 aliphatic rings. The van der Waals surface area contributed by atoms with Gasteiger partial charge in [0.05, 0.1) is 13.2 Å². The normalized spacial score (nSPS) is 16.0. The van der Waals surface area contributed by atoms with Crippen LogP contribution in [0.5, 0.6) is 0 Å². The highest BCUT2D eigenvalue weighted by molar-refractivity contribution is 6.30. The van der Waals surface area contributed by atoms with E-state index in [1.165, 1.54) is 0 Å². The zero-order valence-corrected chi connectivity index (χ0v) is 10.7. The number of hydrogen-bond acceptors (Lipinski definition) is 3. The Morgan fingerprint density at radius 1 is 1.41 bits per heavy atom. The van der Waals surface area contributed by atoms with Gasteiger partial charge in [0.25, 0.3) is 0 Å². The molecule has 0 N–H and O–H groups in total. The number of halogens is 1. The van der Waals surface area contributed by atoms with Crippen molar-refractivity contribution in [2.45, 2.75) is 13.3 Å². The summed E-state index contributed by atoms with van der Waals surface area (Å²) in [4.78, 5) is 13.5. The van der Waals surface area contributed by atoms with Crippen molar-refractivity contribution in [3.63, 3.8) is 0 Å². The molecule has 4 heteroatoms. The Morgan fingerprint density at radius 3 is 2.76 bits per heavy atom. The molecule has 0 amide bonds. The zero-order valence-electron chi connectivity index (χ0n) is 9.91. The third-order valence-electron chi connectivity index (χ3n) is 2.83. The van der Waals surface area contributed by atoms with Gasteiger partial charge in [0.15, 0.2) is 0 Å². The Bertz CT molecular complexity index is 414. The molecule has 1 saturated heterocycles. The summed E-state index contributed by atoms with van der Waals surface area (Å²) in [6.07, 6.45) is 0.438. The molecule has 0 saturated carbocycles. The van der Waals surface area contributed by atoms with Crippen LogP contribution in [0.15, 0.2) is 18.2 Å². The van der Waals surface area contributed by atoms with Gasteiger partial charge in [-0.15, -0.1) is 0 Å². The lowest BCUT2D eigenvalue weighted by Gasteiger charge is -2.30. The molecular formula is C13H16ClNO2. The lowest BCUT2D eigenvalue weighted by atomic mass is 10.1. The molecule has 1 aromatic carbocycles. The predicted molar refractivity (Wildman–Crippen MR) is 68.9 cm³/mol. The molecule has 1 fully saturated rings. The highest BCUT2D eigenvalue weighted by Gasteiger charge is 2.15. The zero-order chi connectivity index (χ0) is 12.3. The third kappa shape index (κ3) is 3.20. The summed E-state index contributed by atoms with van der Waals surface area (Å²) in [6, 6.07) is 5.75. The Morgan fingerprint density at radius 2 is 2.12 bits per heavy atom. The number of anilines is 1. The second-order valence-electron chi connectivity index (χ2n) is 4.25. The fraction of sp³-hybridized carbons (Fsp3) is 0.462. The van der Waals surface area contributed by atoms with Gasteiger partial charge in [-0.1, -0.05) is 11.6 Å². The van der Waals surface area contributed by atoms with Gasteiger partial charge >= 0.3 is 0 Å². The quantitative estimate of drug-likeness (QED) is 0.828. The molecule has 0 spiro atoms. The molecule has 0 unspecified atom stereocenters. The number of morpholine rings is 1. The van der Waals surface area contributed by atoms with Crippen LogP contribution in [0.2, 0.25) is 5.02 Å². The van der Waals surface area contributed by atoms with Crippen LogP contribution < -0.4 is 4.90 Å². The SMILES string of the molecule is CC(=O)Cc1cc(Cl)ccc1N1CCOCC1. The van der Waals surface area contributed by atoms with Crippen LogP contribution in [0.1, 0.15) is 12.5 Å². The van der Waals surface area contributed by atoms with Crippen molar-refractivity contribution in [3.05, 3.63) is 28.8 Å². The number of rotatable bonds is 3. The molecule has 0 bridgehead atoms. The average Bonchev–Trinajstić information content (AvgIpc) is 2.29. The first-order chi connectivity index (χ1) is 8.16. The molecule has 0 aliphatic carbocycles. The number of ketones is 1. The van der Waals surface area contributed by atoms with Crippen molar-refractivity contribution < 1.29 is 9.53 Å². The lowest BCUT2D eigenvalue weighted by Crippen LogP contribution is -2.36. The van der Waals surface area contributed by atoms with Crippen molar-refractivity contribution >= 4 is 23.1 Å². The summed E-state index contributed by atoms with van der Waals surface area (Å²) in [5.74, 6) is 0.154. The Labute approximate surface area is 106 Å². The second kappa shape index (κ2) is 5.52. The van der Waals surface area contributed by atoms with Crippen LogP contribution >= 0.6 is 11.6 Å². The van der Waals surface area contributed by atoms with E-state index in [0.29, 0.717) is 11.4 Å². The van der Waals surface area contributed by atoms with Gasteiger partial charge in [0, 0.05) is 30.2 Å². The molecule has 1 heterocycles. The van der Waals surface area contributed by atoms with E-state index in [-0.39, 0.29) is 5.78 Å². The fourth-order valence-corrected chi connectivity index (χ4v) is 2.27. The number of carbonyl (C=O) groups is 1. The van der Waals surface area contributed by atoms with Crippen molar-refractivity contribution in [2.75, 3.05) is 31.2 Å². The number of benzene rings is 1. The summed E-state index contributed by atoms with van der Waals surface area (Å²) in [7, 11) is 0. The summed E-state index contributed by atoms with van der Waals surface area (Å²) in [6.45, 7) is 4.81. The van der Waals surface area contributed by atoms with Gasteiger partial charge in [-0.3, -0.25) is 4.79 Å². The Kier molecular flexibility index (Phi) is 4.02. The van der Waals surface area contributed by atoms with Gasteiger partial charge in [-0.2, -0.15) is 0 Å². The maximum absolute atomic E-state index is 11.3. The molecule has 17 heavy (non-hydrogen) atoms. The van der Waals surface area contributed by atoms with E-state index >= 15 is 0 Å². The number of Topliss-reactive ketones (excluding diaryl/α,β-unsaturated/α-hetero) is 1. The van der Waals surface area contributed by atoms with E-state index in [0.717, 1.165) is 37.6 Å². The second-order valence-corrected chi connectivity index (χ2v) is 4.69. The third-order valence-corrected chi connectivity index (χ3v) is 3.07. The molecule has 2 rings (SSSR count). The largest absolute Gasteiger partial charge is 0.378 e. The Balaban J connectivity index is 2.27. The highest BCUT2D eigenvalue weighted by atomic mass is 35.5. The maximum Gasteiger partial charge on any atom is 0.134 e. The van der Waals surface area contributed by atoms with Crippen molar-refractivity contribution in [2.24, 2.45) is 0 Å². The monoisotopic (exact) mass is 253 g/mol. The summed E-state index contributed by atoms with van der Waals surface area (Å²) in [5, 5.41) is 0.679. The molecule has 1 aliphatic heterocycles. The van der Waals surface area contributed by atoms with Crippen LogP contribution in [0.3, 0.4) is 0 Å². The summed E-state index contributed by atoms with van der Waals surface area (Å²) >= 11 is 5.98. The molecule has 3 nitrogen and oxygen atoms in total. The topological polar surface area (TPSA) is 29.5 Å². The number of nitrogens with zero attached hydrogens (tertiary/aromatic N) is 1. The number of carbonyl (C=O) groups excluding carboxylic acids is 1. The van der Waals surface area contributed by atoms with Crippen molar-refractivity contribution in [1.82, 2.24) is 0 Å². The van der Waals surface area contributed by atoms with E-state index in [4.69, 9.17) is 16.3 Å². The van der Waals surface area contributed by atoms with Crippen LogP contribution in [-0.4, -0.2) is 32.1 Å². The van der Waals surface area contributed by atoms with Gasteiger partial charge < -0.3 is 9.64 Å². The van der Waals surface area contributed by atoms with Crippen molar-refractivity contribution in [1.29, 1.82) is 0 Å². The standard InChI is InChI=1S/C13H16ClNO2/c1-10(16)8-11-9-12(14)2-3-13(11)15-4-6-17-7-5-15/h2-3,9H,4-8H2,1H3. The van der Waals surface area contributed by atoms with Crippen LogP contribution in [0.25, 0.3) is 0 Å². The first-order valence-corrected chi connectivity index (χ1v) is 6.15. The first-order valence-electron chi connectivity index (χ1n) is 5.77. The van der Waals surface area contributed by atoms with E-state index < -0.39 is 0 Å². The van der Waals surface area contributed by atoms with E-state index in [9.17, 15) is 4.79 Å². The minimum absolute atomic E-state index is 0.154. The fourth-order valence-electron chi connectivity index (χ4n) is 2.08. The Hall–Kier alpha value is -1.06. The van der Waals surface area contributed by atoms with E-state index in [2.05, 4.69) is 4.90 Å². The highest BCUT2D eigenvalue weighted by Crippen LogP contribution is 2.25. The molecule has 0 aromatic heterocycles. The lowest BCUT2D eigenvalue weighted by molar-refractivity contribution is -0.116. The van der Waals surface area contributed by atoms with Gasteiger partial charge in [-0.25, -0.2) is 0 Å². The van der Waals surface area contributed by atoms with Crippen LogP contribution in [0, 0.1) is 0 Å². The van der Waals surface area contributed by atoms with Crippen LogP contribution in [-0.2, 0) is 16.0 Å². The number of ether oxygens (including phenoxy) is 1. The smallest absolute Gasteiger partial charge is 0.134 e. The van der Waals surface area contributed by atoms with Gasteiger partial charge in [0.1, 0.15) is 5.78 Å². The molecule has 92 valence electrons. The van der Waals surface area contributed by atoms with Crippen molar-refractivity contribution in [3.8, 4) is 0 Å². The molecular weight excluding hydrogens is 238 g/mol. The minimum atomic E-state index is 0.154. The van der Waals surface area contributed by atoms with Crippen LogP contribution in [0.4, 0.5) is 5.69 Å². The molecule has 0 radical (unpaired) electrons. The van der Waals surface area contributed by atoms with E-state index in [1.807, 2.05) is 18.2 Å². The van der Waals surface area contributed by atoms with Gasteiger partial charge in [0.2, 0.25) is 0 Å². The minimum Gasteiger partial charge on any atom is -0.378 e. The van der Waals surface area contributed by atoms with E-state index in [1.54, 1.807) is 6.92 Å². The van der Waals surface area contributed by atoms with Gasteiger partial charge in [-0.05, 0) is 30.7 Å². The predicted octanol–water partition coefficient (Wildman–Crippen LogP) is 2.31.